The molecule has 0 bridgehead atoms. The number of methoxy groups -OCH3 is 1. The zero-order chi connectivity index (χ0) is 14.5. The van der Waals surface area contributed by atoms with Gasteiger partial charge in [-0.05, 0) is 29.9 Å². The number of carbonyl (C=O) groups is 2. The Balaban J connectivity index is 2.07. The summed E-state index contributed by atoms with van der Waals surface area (Å²) in [5, 5.41) is 0. The Morgan fingerprint density at radius 1 is 1.10 bits per heavy atom. The number of esters is 1. The van der Waals surface area contributed by atoms with Crippen LogP contribution in [0.2, 0.25) is 0 Å². The molecular formula is C17H22O3. The second kappa shape index (κ2) is 6.69. The number of ketones is 1. The zero-order valence-corrected chi connectivity index (χ0v) is 12.2. The van der Waals surface area contributed by atoms with Gasteiger partial charge in [-0.2, -0.15) is 0 Å². The normalized spacial score (nSPS) is 17.5. The summed E-state index contributed by atoms with van der Waals surface area (Å²) in [6.45, 7) is 1.74. The number of hydrogen-bond donors (Lipinski definition) is 0. The molecule has 1 saturated carbocycles. The highest BCUT2D eigenvalue weighted by atomic mass is 16.5. The summed E-state index contributed by atoms with van der Waals surface area (Å²) < 4.78 is 4.49. The SMILES string of the molecule is COC(=O)C(=O)C(C)c1ccc(C2CCCCC2)cc1. The second-order valence-electron chi connectivity index (χ2n) is 5.58. The van der Waals surface area contributed by atoms with Crippen LogP contribution in [0.5, 0.6) is 0 Å². The van der Waals surface area contributed by atoms with Crippen molar-refractivity contribution in [3.63, 3.8) is 0 Å². The van der Waals surface area contributed by atoms with Gasteiger partial charge in [0.2, 0.25) is 5.78 Å². The quantitative estimate of drug-likeness (QED) is 0.622. The maximum absolute atomic E-state index is 11.8. The van der Waals surface area contributed by atoms with Gasteiger partial charge < -0.3 is 4.74 Å². The Morgan fingerprint density at radius 2 is 1.70 bits per heavy atom. The van der Waals surface area contributed by atoms with Gasteiger partial charge in [-0.3, -0.25) is 4.79 Å². The topological polar surface area (TPSA) is 43.4 Å². The van der Waals surface area contributed by atoms with Gasteiger partial charge in [0.15, 0.2) is 0 Å². The number of hydrogen-bond acceptors (Lipinski definition) is 3. The Kier molecular flexibility index (Phi) is 4.94. The summed E-state index contributed by atoms with van der Waals surface area (Å²) in [6.07, 6.45) is 6.48. The summed E-state index contributed by atoms with van der Waals surface area (Å²) in [6, 6.07) is 8.14. The number of carbonyl (C=O) groups excluding carboxylic acids is 2. The molecule has 3 nitrogen and oxygen atoms in total. The molecule has 0 N–H and O–H groups in total. The molecule has 1 fully saturated rings. The van der Waals surface area contributed by atoms with Crippen molar-refractivity contribution in [3.05, 3.63) is 35.4 Å². The Morgan fingerprint density at radius 3 is 2.25 bits per heavy atom. The van der Waals surface area contributed by atoms with Crippen LogP contribution in [0, 0.1) is 0 Å². The minimum atomic E-state index is -0.770. The molecule has 0 spiro atoms. The first-order valence-corrected chi connectivity index (χ1v) is 7.35. The average molecular weight is 274 g/mol. The fourth-order valence-electron chi connectivity index (χ4n) is 2.92. The monoisotopic (exact) mass is 274 g/mol. The molecule has 0 aliphatic heterocycles. The number of benzene rings is 1. The van der Waals surface area contributed by atoms with Crippen molar-refractivity contribution < 1.29 is 14.3 Å². The Bertz CT molecular complexity index is 470. The van der Waals surface area contributed by atoms with Crippen molar-refractivity contribution in [3.8, 4) is 0 Å². The smallest absolute Gasteiger partial charge is 0.374 e. The van der Waals surface area contributed by atoms with Gasteiger partial charge in [-0.25, -0.2) is 4.79 Å². The zero-order valence-electron chi connectivity index (χ0n) is 12.2. The van der Waals surface area contributed by atoms with E-state index in [1.54, 1.807) is 6.92 Å². The summed E-state index contributed by atoms with van der Waals surface area (Å²) in [4.78, 5) is 23.1. The molecule has 0 radical (unpaired) electrons. The summed E-state index contributed by atoms with van der Waals surface area (Å²) in [7, 11) is 1.24. The lowest BCUT2D eigenvalue weighted by atomic mass is 9.83. The molecule has 3 heteroatoms. The molecule has 1 aromatic carbocycles. The molecule has 0 heterocycles. The van der Waals surface area contributed by atoms with Gasteiger partial charge in [0.05, 0.1) is 13.0 Å². The van der Waals surface area contributed by atoms with Gasteiger partial charge in [0.25, 0.3) is 0 Å². The molecule has 2 rings (SSSR count). The van der Waals surface area contributed by atoms with E-state index < -0.39 is 17.7 Å². The van der Waals surface area contributed by atoms with E-state index in [0.717, 1.165) is 5.56 Å². The van der Waals surface area contributed by atoms with E-state index in [1.807, 2.05) is 12.1 Å². The molecule has 20 heavy (non-hydrogen) atoms. The van der Waals surface area contributed by atoms with Crippen molar-refractivity contribution in [2.45, 2.75) is 50.9 Å². The molecule has 0 saturated heterocycles. The van der Waals surface area contributed by atoms with E-state index in [9.17, 15) is 9.59 Å². The minimum Gasteiger partial charge on any atom is -0.463 e. The third kappa shape index (κ3) is 3.27. The third-order valence-corrected chi connectivity index (χ3v) is 4.29. The van der Waals surface area contributed by atoms with Crippen LogP contribution in [0.25, 0.3) is 0 Å². The molecule has 1 unspecified atom stereocenters. The van der Waals surface area contributed by atoms with Crippen LogP contribution in [-0.4, -0.2) is 18.9 Å². The molecule has 0 aromatic heterocycles. The van der Waals surface area contributed by atoms with E-state index in [0.29, 0.717) is 5.92 Å². The van der Waals surface area contributed by atoms with Crippen molar-refractivity contribution >= 4 is 11.8 Å². The lowest BCUT2D eigenvalue weighted by Gasteiger charge is -2.22. The van der Waals surface area contributed by atoms with Crippen LogP contribution < -0.4 is 0 Å². The van der Waals surface area contributed by atoms with Gasteiger partial charge in [0, 0.05) is 0 Å². The molecule has 108 valence electrons. The van der Waals surface area contributed by atoms with Crippen LogP contribution in [0.1, 0.15) is 62.0 Å². The fraction of sp³-hybridized carbons (Fsp3) is 0.529. The summed E-state index contributed by atoms with van der Waals surface area (Å²) in [5.74, 6) is -1.04. The maximum Gasteiger partial charge on any atom is 0.374 e. The number of rotatable bonds is 4. The number of ether oxygens (including phenoxy) is 1. The highest BCUT2D eigenvalue weighted by Gasteiger charge is 2.23. The highest BCUT2D eigenvalue weighted by molar-refractivity contribution is 6.35. The minimum absolute atomic E-state index is 0.442. The van der Waals surface area contributed by atoms with E-state index in [2.05, 4.69) is 16.9 Å². The highest BCUT2D eigenvalue weighted by Crippen LogP contribution is 2.33. The second-order valence-corrected chi connectivity index (χ2v) is 5.58. The molecule has 1 atom stereocenters. The first kappa shape index (κ1) is 14.8. The molecule has 1 aromatic rings. The van der Waals surface area contributed by atoms with E-state index in [-0.39, 0.29) is 0 Å². The molecule has 1 aliphatic rings. The van der Waals surface area contributed by atoms with Crippen LogP contribution in [0.15, 0.2) is 24.3 Å². The van der Waals surface area contributed by atoms with Gasteiger partial charge in [-0.15, -0.1) is 0 Å². The molecular weight excluding hydrogens is 252 g/mol. The maximum atomic E-state index is 11.8. The van der Waals surface area contributed by atoms with Crippen molar-refractivity contribution in [2.24, 2.45) is 0 Å². The van der Waals surface area contributed by atoms with Crippen LogP contribution in [0.4, 0.5) is 0 Å². The van der Waals surface area contributed by atoms with Gasteiger partial charge in [0.1, 0.15) is 0 Å². The van der Waals surface area contributed by atoms with E-state index >= 15 is 0 Å². The van der Waals surface area contributed by atoms with Gasteiger partial charge >= 0.3 is 5.97 Å². The van der Waals surface area contributed by atoms with Crippen LogP contribution in [0.3, 0.4) is 0 Å². The summed E-state index contributed by atoms with van der Waals surface area (Å²) >= 11 is 0. The third-order valence-electron chi connectivity index (χ3n) is 4.29. The lowest BCUT2D eigenvalue weighted by Crippen LogP contribution is -2.21. The van der Waals surface area contributed by atoms with Crippen molar-refractivity contribution in [1.29, 1.82) is 0 Å². The average Bonchev–Trinajstić information content (AvgIpc) is 2.53. The van der Waals surface area contributed by atoms with Gasteiger partial charge in [-0.1, -0.05) is 50.5 Å². The summed E-state index contributed by atoms with van der Waals surface area (Å²) in [5.41, 5.74) is 2.23. The number of Topliss-reactive ketones (excluding diaryl/α,β-unsaturated/α-hetero) is 1. The van der Waals surface area contributed by atoms with E-state index in [4.69, 9.17) is 0 Å². The Labute approximate surface area is 120 Å². The molecule has 1 aliphatic carbocycles. The first-order chi connectivity index (χ1) is 9.63. The first-order valence-electron chi connectivity index (χ1n) is 7.35. The van der Waals surface area contributed by atoms with E-state index in [1.165, 1.54) is 44.8 Å². The predicted molar refractivity (Wildman–Crippen MR) is 77.7 cm³/mol. The van der Waals surface area contributed by atoms with Crippen LogP contribution >= 0.6 is 0 Å². The largest absolute Gasteiger partial charge is 0.463 e. The Hall–Kier alpha value is -1.64. The standard InChI is InChI=1S/C17H22O3/c1-12(16(18)17(19)20-2)13-8-10-15(11-9-13)14-6-4-3-5-7-14/h8-12,14H,3-7H2,1-2H3. The lowest BCUT2D eigenvalue weighted by molar-refractivity contribution is -0.152. The fourth-order valence-corrected chi connectivity index (χ4v) is 2.92. The molecule has 0 amide bonds. The predicted octanol–water partition coefficient (Wildman–Crippen LogP) is 3.58. The van der Waals surface area contributed by atoms with Crippen molar-refractivity contribution in [1.82, 2.24) is 0 Å². The van der Waals surface area contributed by atoms with Crippen molar-refractivity contribution in [2.75, 3.05) is 7.11 Å². The van der Waals surface area contributed by atoms with Crippen LogP contribution in [-0.2, 0) is 14.3 Å².